The van der Waals surface area contributed by atoms with Gasteiger partial charge in [-0.05, 0) is 24.3 Å². The summed E-state index contributed by atoms with van der Waals surface area (Å²) in [6, 6.07) is 7.82. The molecule has 0 amide bonds. The van der Waals surface area contributed by atoms with Crippen molar-refractivity contribution in [3.05, 3.63) is 59.2 Å². The molecule has 0 aliphatic heterocycles. The first-order valence-corrected chi connectivity index (χ1v) is 6.00. The van der Waals surface area contributed by atoms with E-state index in [-0.39, 0.29) is 29.2 Å². The van der Waals surface area contributed by atoms with Crippen LogP contribution in [0.2, 0.25) is 0 Å². The maximum Gasteiger partial charge on any atom is 0.335 e. The smallest absolute Gasteiger partial charge is 0.335 e. The van der Waals surface area contributed by atoms with Crippen LogP contribution in [0.3, 0.4) is 0 Å². The van der Waals surface area contributed by atoms with Gasteiger partial charge in [0, 0.05) is 5.56 Å². The largest absolute Gasteiger partial charge is 0.493 e. The summed E-state index contributed by atoms with van der Waals surface area (Å²) in [5.41, 5.74) is 0.0931. The van der Waals surface area contributed by atoms with E-state index >= 15 is 0 Å². The van der Waals surface area contributed by atoms with Crippen LogP contribution in [-0.4, -0.2) is 18.2 Å². The topological polar surface area (TPSA) is 55.8 Å². The number of carbonyl (C=O) groups is 1. The van der Waals surface area contributed by atoms with Crippen molar-refractivity contribution in [1.29, 1.82) is 0 Å². The summed E-state index contributed by atoms with van der Waals surface area (Å²) in [5.74, 6) is -2.59. The highest BCUT2D eigenvalue weighted by atomic mass is 19.2. The van der Waals surface area contributed by atoms with E-state index in [1.807, 2.05) is 0 Å². The molecule has 0 saturated heterocycles. The Bertz CT molecular complexity index is 671. The zero-order valence-corrected chi connectivity index (χ0v) is 11.1. The number of ether oxygens (including phenoxy) is 2. The monoisotopic (exact) mass is 294 g/mol. The van der Waals surface area contributed by atoms with E-state index in [0.717, 1.165) is 6.07 Å². The number of hydrogen-bond acceptors (Lipinski definition) is 3. The van der Waals surface area contributed by atoms with E-state index < -0.39 is 17.6 Å². The van der Waals surface area contributed by atoms with Crippen molar-refractivity contribution in [3.63, 3.8) is 0 Å². The molecule has 4 nitrogen and oxygen atoms in total. The molecule has 21 heavy (non-hydrogen) atoms. The summed E-state index contributed by atoms with van der Waals surface area (Å²) in [6.07, 6.45) is 0. The average Bonchev–Trinajstić information content (AvgIpc) is 2.48. The second-order valence-corrected chi connectivity index (χ2v) is 4.17. The fourth-order valence-corrected chi connectivity index (χ4v) is 1.74. The number of methoxy groups -OCH3 is 1. The highest BCUT2D eigenvalue weighted by Gasteiger charge is 2.12. The third-order valence-corrected chi connectivity index (χ3v) is 2.83. The van der Waals surface area contributed by atoms with Crippen LogP contribution in [0.25, 0.3) is 0 Å². The molecule has 1 N–H and O–H groups in total. The molecule has 110 valence electrons. The Morgan fingerprint density at radius 3 is 2.62 bits per heavy atom. The lowest BCUT2D eigenvalue weighted by Gasteiger charge is -2.11. The number of benzene rings is 2. The SMILES string of the molecule is COc1cc(C(=O)O)ccc1OCc1cccc(F)c1F. The first-order valence-electron chi connectivity index (χ1n) is 6.00. The molecule has 0 unspecified atom stereocenters. The van der Waals surface area contributed by atoms with Crippen LogP contribution in [0, 0.1) is 11.6 Å². The van der Waals surface area contributed by atoms with Gasteiger partial charge >= 0.3 is 5.97 Å². The van der Waals surface area contributed by atoms with Crippen molar-refractivity contribution < 1.29 is 28.2 Å². The fourth-order valence-electron chi connectivity index (χ4n) is 1.74. The van der Waals surface area contributed by atoms with Gasteiger partial charge in [-0.15, -0.1) is 0 Å². The van der Waals surface area contributed by atoms with Gasteiger partial charge in [0.25, 0.3) is 0 Å². The average molecular weight is 294 g/mol. The number of halogens is 2. The van der Waals surface area contributed by atoms with Crippen LogP contribution in [-0.2, 0) is 6.61 Å². The first kappa shape index (κ1) is 14.8. The van der Waals surface area contributed by atoms with E-state index in [9.17, 15) is 13.6 Å². The quantitative estimate of drug-likeness (QED) is 0.919. The molecule has 0 fully saturated rings. The second-order valence-electron chi connectivity index (χ2n) is 4.17. The maximum atomic E-state index is 13.5. The van der Waals surface area contributed by atoms with Crippen molar-refractivity contribution in [3.8, 4) is 11.5 Å². The maximum absolute atomic E-state index is 13.5. The highest BCUT2D eigenvalue weighted by Crippen LogP contribution is 2.29. The number of hydrogen-bond donors (Lipinski definition) is 1. The minimum Gasteiger partial charge on any atom is -0.493 e. The van der Waals surface area contributed by atoms with Crippen LogP contribution >= 0.6 is 0 Å². The minimum atomic E-state index is -1.10. The molecule has 0 bridgehead atoms. The van der Waals surface area contributed by atoms with E-state index in [2.05, 4.69) is 0 Å². The molecule has 0 heterocycles. The number of carboxylic acid groups (broad SMARTS) is 1. The van der Waals surface area contributed by atoms with Crippen LogP contribution in [0.15, 0.2) is 36.4 Å². The molecular formula is C15H12F2O4. The molecule has 0 aromatic heterocycles. The molecule has 2 rings (SSSR count). The van der Waals surface area contributed by atoms with E-state index in [4.69, 9.17) is 14.6 Å². The summed E-state index contributed by atoms with van der Waals surface area (Å²) >= 11 is 0. The third-order valence-electron chi connectivity index (χ3n) is 2.83. The van der Waals surface area contributed by atoms with Crippen molar-refractivity contribution in [1.82, 2.24) is 0 Å². The van der Waals surface area contributed by atoms with Gasteiger partial charge in [-0.2, -0.15) is 0 Å². The van der Waals surface area contributed by atoms with Gasteiger partial charge in [0.05, 0.1) is 12.7 Å². The van der Waals surface area contributed by atoms with Crippen LogP contribution in [0.1, 0.15) is 15.9 Å². The molecule has 0 spiro atoms. The van der Waals surface area contributed by atoms with E-state index in [0.29, 0.717) is 0 Å². The van der Waals surface area contributed by atoms with Gasteiger partial charge in [-0.1, -0.05) is 12.1 Å². The molecule has 6 heteroatoms. The molecule has 0 saturated carbocycles. The molecule has 2 aromatic rings. The van der Waals surface area contributed by atoms with Gasteiger partial charge < -0.3 is 14.6 Å². The lowest BCUT2D eigenvalue weighted by molar-refractivity contribution is 0.0696. The molecule has 0 atom stereocenters. The summed E-state index contributed by atoms with van der Waals surface area (Å²) in [5, 5.41) is 8.88. The van der Waals surface area contributed by atoms with E-state index in [1.54, 1.807) is 0 Å². The lowest BCUT2D eigenvalue weighted by atomic mass is 10.2. The zero-order valence-electron chi connectivity index (χ0n) is 11.1. The van der Waals surface area contributed by atoms with Crippen molar-refractivity contribution in [2.75, 3.05) is 7.11 Å². The normalized spacial score (nSPS) is 10.2. The minimum absolute atomic E-state index is 0.0381. The number of rotatable bonds is 5. The van der Waals surface area contributed by atoms with Crippen LogP contribution in [0.5, 0.6) is 11.5 Å². The zero-order chi connectivity index (χ0) is 15.4. The van der Waals surface area contributed by atoms with Gasteiger partial charge in [0.2, 0.25) is 0 Å². The van der Waals surface area contributed by atoms with Crippen LogP contribution < -0.4 is 9.47 Å². The predicted octanol–water partition coefficient (Wildman–Crippen LogP) is 3.25. The third kappa shape index (κ3) is 3.28. The predicted molar refractivity (Wildman–Crippen MR) is 70.6 cm³/mol. The highest BCUT2D eigenvalue weighted by molar-refractivity contribution is 5.88. The molecule has 2 aromatic carbocycles. The molecule has 0 aliphatic carbocycles. The van der Waals surface area contributed by atoms with Crippen molar-refractivity contribution in [2.24, 2.45) is 0 Å². The second kappa shape index (κ2) is 6.21. The fraction of sp³-hybridized carbons (Fsp3) is 0.133. The summed E-state index contributed by atoms with van der Waals surface area (Å²) < 4.78 is 36.9. The van der Waals surface area contributed by atoms with Gasteiger partial charge in [-0.25, -0.2) is 13.6 Å². The summed E-state index contributed by atoms with van der Waals surface area (Å²) in [6.45, 7) is -0.202. The Balaban J connectivity index is 2.20. The molecule has 0 radical (unpaired) electrons. The Kier molecular flexibility index (Phi) is 4.37. The Morgan fingerprint density at radius 2 is 1.95 bits per heavy atom. The molecular weight excluding hydrogens is 282 g/mol. The van der Waals surface area contributed by atoms with Gasteiger partial charge in [-0.3, -0.25) is 0 Å². The Morgan fingerprint density at radius 1 is 1.19 bits per heavy atom. The lowest BCUT2D eigenvalue weighted by Crippen LogP contribution is -2.03. The molecule has 0 aliphatic rings. The van der Waals surface area contributed by atoms with Crippen LogP contribution in [0.4, 0.5) is 8.78 Å². The first-order chi connectivity index (χ1) is 10.0. The summed E-state index contributed by atoms with van der Waals surface area (Å²) in [4.78, 5) is 10.9. The van der Waals surface area contributed by atoms with Gasteiger partial charge in [0.15, 0.2) is 23.1 Å². The van der Waals surface area contributed by atoms with E-state index in [1.165, 1.54) is 37.4 Å². The van der Waals surface area contributed by atoms with Crippen molar-refractivity contribution >= 4 is 5.97 Å². The van der Waals surface area contributed by atoms with Crippen molar-refractivity contribution in [2.45, 2.75) is 6.61 Å². The Labute approximate surface area is 119 Å². The standard InChI is InChI=1S/C15H12F2O4/c1-20-13-7-9(15(18)19)5-6-12(13)21-8-10-3-2-4-11(16)14(10)17/h2-7H,8H2,1H3,(H,18,19). The number of aromatic carboxylic acids is 1. The summed E-state index contributed by atoms with van der Waals surface area (Å²) in [7, 11) is 1.36. The Hall–Kier alpha value is -2.63. The van der Waals surface area contributed by atoms with Gasteiger partial charge in [0.1, 0.15) is 6.61 Å². The number of carboxylic acids is 1.